The van der Waals surface area contributed by atoms with Crippen molar-refractivity contribution in [2.45, 2.75) is 52.3 Å². The van der Waals surface area contributed by atoms with Gasteiger partial charge < -0.3 is 19.7 Å². The summed E-state index contributed by atoms with van der Waals surface area (Å²) in [4.78, 5) is 38.6. The summed E-state index contributed by atoms with van der Waals surface area (Å²) in [5.74, 6) is -2.37. The number of halogens is 1. The molecule has 1 aliphatic heterocycles. The summed E-state index contributed by atoms with van der Waals surface area (Å²) in [6.07, 6.45) is 3.02. The number of aromatic nitrogens is 1. The molecule has 7 nitrogen and oxygen atoms in total. The second-order valence-electron chi connectivity index (χ2n) is 8.07. The van der Waals surface area contributed by atoms with Gasteiger partial charge in [-0.3, -0.25) is 14.4 Å². The third kappa shape index (κ3) is 4.12. The number of carbonyl (C=O) groups excluding carboxylic acids is 2. The van der Waals surface area contributed by atoms with Crippen LogP contribution in [0.4, 0.5) is 4.39 Å². The highest BCUT2D eigenvalue weighted by Gasteiger charge is 2.47. The number of carbonyl (C=O) groups is 2. The fraction of sp³-hybridized carbons (Fsp3) is 0.435. The Morgan fingerprint density at radius 3 is 2.71 bits per heavy atom. The lowest BCUT2D eigenvalue weighted by Crippen LogP contribution is -2.49. The van der Waals surface area contributed by atoms with E-state index in [2.05, 4.69) is 5.32 Å². The van der Waals surface area contributed by atoms with Crippen LogP contribution in [-0.4, -0.2) is 34.6 Å². The van der Waals surface area contributed by atoms with Gasteiger partial charge in [0.25, 0.3) is 5.91 Å². The van der Waals surface area contributed by atoms with Crippen molar-refractivity contribution in [2.24, 2.45) is 5.41 Å². The highest BCUT2D eigenvalue weighted by molar-refractivity contribution is 6.03. The molecule has 2 aromatic rings. The summed E-state index contributed by atoms with van der Waals surface area (Å²) in [5, 5.41) is 13.0. The minimum absolute atomic E-state index is 0.109. The van der Waals surface area contributed by atoms with E-state index in [1.54, 1.807) is 13.0 Å². The minimum Gasteiger partial charge on any atom is -0.503 e. The molecule has 166 valence electrons. The molecule has 0 fully saturated rings. The molecule has 1 amide bonds. The van der Waals surface area contributed by atoms with E-state index in [1.807, 2.05) is 6.92 Å². The minimum atomic E-state index is -0.931. The molecular formula is C23H27FN2O5. The van der Waals surface area contributed by atoms with Gasteiger partial charge in [-0.2, -0.15) is 0 Å². The van der Waals surface area contributed by atoms with Gasteiger partial charge in [0.2, 0.25) is 5.43 Å². The van der Waals surface area contributed by atoms with Crippen LogP contribution in [0.3, 0.4) is 0 Å². The quantitative estimate of drug-likeness (QED) is 0.704. The number of benzene rings is 1. The SMILES string of the molecule is CCCC[C@@]1(C)C(=O)c2c(O)c(=O)c(C(=O)NCc3ccccc3F)cn2C[C@@H]1OC. The fourth-order valence-electron chi connectivity index (χ4n) is 4.06. The van der Waals surface area contributed by atoms with E-state index in [4.69, 9.17) is 4.74 Å². The van der Waals surface area contributed by atoms with Crippen LogP contribution in [0.1, 0.15) is 59.5 Å². The number of methoxy groups -OCH3 is 1. The highest BCUT2D eigenvalue weighted by Crippen LogP contribution is 2.40. The van der Waals surface area contributed by atoms with Crippen LogP contribution in [0.15, 0.2) is 35.3 Å². The average molecular weight is 430 g/mol. The van der Waals surface area contributed by atoms with Gasteiger partial charge in [0.15, 0.2) is 11.5 Å². The van der Waals surface area contributed by atoms with Crippen molar-refractivity contribution < 1.29 is 23.8 Å². The maximum Gasteiger partial charge on any atom is 0.257 e. The molecule has 8 heteroatoms. The number of pyridine rings is 1. The zero-order valence-corrected chi connectivity index (χ0v) is 17.9. The Morgan fingerprint density at radius 2 is 2.06 bits per heavy atom. The number of nitrogens with zero attached hydrogens (tertiary/aromatic N) is 1. The van der Waals surface area contributed by atoms with E-state index in [-0.39, 0.29) is 35.7 Å². The monoisotopic (exact) mass is 430 g/mol. The Balaban J connectivity index is 1.95. The van der Waals surface area contributed by atoms with Crippen LogP contribution in [0.2, 0.25) is 0 Å². The second kappa shape index (κ2) is 9.01. The molecule has 31 heavy (non-hydrogen) atoms. The first-order valence-electron chi connectivity index (χ1n) is 10.3. The van der Waals surface area contributed by atoms with Crippen LogP contribution in [0, 0.1) is 11.2 Å². The van der Waals surface area contributed by atoms with Gasteiger partial charge in [-0.15, -0.1) is 0 Å². The molecule has 0 saturated heterocycles. The number of Topliss-reactive ketones (excluding diaryl/α,β-unsaturated/α-hetero) is 1. The zero-order valence-electron chi connectivity index (χ0n) is 17.9. The summed E-state index contributed by atoms with van der Waals surface area (Å²) in [6, 6.07) is 5.96. The van der Waals surface area contributed by atoms with E-state index in [1.165, 1.54) is 36.1 Å². The van der Waals surface area contributed by atoms with Gasteiger partial charge in [-0.25, -0.2) is 4.39 Å². The third-order valence-corrected chi connectivity index (χ3v) is 6.04. The lowest BCUT2D eigenvalue weighted by molar-refractivity contribution is -0.0190. The first kappa shape index (κ1) is 22.7. The molecule has 0 radical (unpaired) electrons. The Morgan fingerprint density at radius 1 is 1.35 bits per heavy atom. The predicted molar refractivity (Wildman–Crippen MR) is 113 cm³/mol. The van der Waals surface area contributed by atoms with Gasteiger partial charge in [0.05, 0.1) is 18.1 Å². The smallest absolute Gasteiger partial charge is 0.257 e. The molecule has 0 spiro atoms. The topological polar surface area (TPSA) is 97.6 Å². The van der Waals surface area contributed by atoms with Crippen LogP contribution in [-0.2, 0) is 17.8 Å². The number of nitrogens with one attached hydrogen (secondary N) is 1. The molecule has 2 heterocycles. The van der Waals surface area contributed by atoms with Gasteiger partial charge >= 0.3 is 0 Å². The lowest BCUT2D eigenvalue weighted by Gasteiger charge is -2.41. The number of ketones is 1. The zero-order chi connectivity index (χ0) is 22.8. The average Bonchev–Trinajstić information content (AvgIpc) is 2.76. The molecule has 1 aromatic carbocycles. The summed E-state index contributed by atoms with van der Waals surface area (Å²) in [7, 11) is 1.51. The molecular weight excluding hydrogens is 403 g/mol. The summed E-state index contributed by atoms with van der Waals surface area (Å²) < 4.78 is 20.8. The van der Waals surface area contributed by atoms with Crippen molar-refractivity contribution in [3.8, 4) is 5.75 Å². The van der Waals surface area contributed by atoms with Crippen molar-refractivity contribution in [2.75, 3.05) is 7.11 Å². The van der Waals surface area contributed by atoms with Crippen LogP contribution < -0.4 is 10.7 Å². The Bertz CT molecular complexity index is 1060. The molecule has 0 aliphatic carbocycles. The van der Waals surface area contributed by atoms with Gasteiger partial charge in [0.1, 0.15) is 17.1 Å². The van der Waals surface area contributed by atoms with Crippen molar-refractivity contribution in [3.05, 3.63) is 63.3 Å². The summed E-state index contributed by atoms with van der Waals surface area (Å²) >= 11 is 0. The van der Waals surface area contributed by atoms with Crippen LogP contribution in [0.5, 0.6) is 5.75 Å². The normalized spacial score (nSPS) is 20.4. The number of hydrogen-bond acceptors (Lipinski definition) is 5. The number of unbranched alkanes of at least 4 members (excludes halogenated alkanes) is 1. The maximum absolute atomic E-state index is 13.8. The van der Waals surface area contributed by atoms with Gasteiger partial charge in [-0.05, 0) is 19.4 Å². The standard InChI is InChI=1S/C23H27FN2O5/c1-4-5-10-23(2)17(31-3)13-26-12-15(19(27)20(28)18(26)21(23)29)22(30)25-11-14-8-6-7-9-16(14)24/h6-9,12,17,28H,4-5,10-11,13H2,1-3H3,(H,25,30)/t17-,23+/m0/s1. The largest absolute Gasteiger partial charge is 0.503 e. The maximum atomic E-state index is 13.8. The molecule has 2 N–H and O–H groups in total. The lowest BCUT2D eigenvalue weighted by atomic mass is 9.72. The third-order valence-electron chi connectivity index (χ3n) is 6.04. The highest BCUT2D eigenvalue weighted by atomic mass is 19.1. The first-order chi connectivity index (χ1) is 14.7. The van der Waals surface area contributed by atoms with E-state index < -0.39 is 34.4 Å². The van der Waals surface area contributed by atoms with E-state index in [0.29, 0.717) is 6.42 Å². The molecule has 3 rings (SSSR count). The second-order valence-corrected chi connectivity index (χ2v) is 8.07. The Hall–Kier alpha value is -3.00. The number of rotatable bonds is 7. The van der Waals surface area contributed by atoms with E-state index in [9.17, 15) is 23.9 Å². The molecule has 1 aromatic heterocycles. The van der Waals surface area contributed by atoms with Crippen LogP contribution >= 0.6 is 0 Å². The van der Waals surface area contributed by atoms with E-state index >= 15 is 0 Å². The molecule has 2 atom stereocenters. The molecule has 0 unspecified atom stereocenters. The van der Waals surface area contributed by atoms with Crippen molar-refractivity contribution in [1.82, 2.24) is 9.88 Å². The molecule has 0 saturated carbocycles. The number of ether oxygens (including phenoxy) is 1. The number of hydrogen-bond donors (Lipinski definition) is 2. The summed E-state index contributed by atoms with van der Waals surface area (Å²) in [5.41, 5.74) is -1.98. The van der Waals surface area contributed by atoms with Gasteiger partial charge in [-0.1, -0.05) is 38.0 Å². The number of aromatic hydroxyl groups is 1. The fourth-order valence-corrected chi connectivity index (χ4v) is 4.06. The Labute approximate surface area is 179 Å². The number of fused-ring (bicyclic) bond motifs is 1. The van der Waals surface area contributed by atoms with E-state index in [0.717, 1.165) is 12.8 Å². The molecule has 0 bridgehead atoms. The number of amides is 1. The van der Waals surface area contributed by atoms with Crippen LogP contribution in [0.25, 0.3) is 0 Å². The first-order valence-corrected chi connectivity index (χ1v) is 10.3. The predicted octanol–water partition coefficient (Wildman–Crippen LogP) is 3.03. The van der Waals surface area contributed by atoms with Crippen molar-refractivity contribution >= 4 is 11.7 Å². The molecule has 1 aliphatic rings. The summed E-state index contributed by atoms with van der Waals surface area (Å²) in [6.45, 7) is 3.88. The Kier molecular flexibility index (Phi) is 6.59. The van der Waals surface area contributed by atoms with Gasteiger partial charge in [0, 0.05) is 25.4 Å². The van der Waals surface area contributed by atoms with Crippen molar-refractivity contribution in [1.29, 1.82) is 0 Å². The van der Waals surface area contributed by atoms with Crippen molar-refractivity contribution in [3.63, 3.8) is 0 Å².